The van der Waals surface area contributed by atoms with Crippen molar-refractivity contribution in [2.24, 2.45) is 7.05 Å². The molecule has 0 amide bonds. The van der Waals surface area contributed by atoms with E-state index in [1.807, 2.05) is 0 Å². The van der Waals surface area contributed by atoms with Crippen LogP contribution < -0.4 is 4.57 Å². The van der Waals surface area contributed by atoms with Crippen LogP contribution in [0.4, 0.5) is 0 Å². The van der Waals surface area contributed by atoms with Gasteiger partial charge in [-0.15, -0.1) is 0 Å². The molecular weight excluding hydrogens is 462 g/mol. The molecule has 0 unspecified atom stereocenters. The van der Waals surface area contributed by atoms with Gasteiger partial charge in [0, 0.05) is 45.2 Å². The largest absolute Gasteiger partial charge is 0.245 e. The Bertz CT molecular complexity index is 747. The zero-order chi connectivity index (χ0) is 13.4. The van der Waals surface area contributed by atoms with E-state index in [1.54, 1.807) is 0 Å². The van der Waals surface area contributed by atoms with Crippen molar-refractivity contribution in [3.8, 4) is 0 Å². The highest BCUT2D eigenvalue weighted by Gasteiger charge is 2.16. The van der Waals surface area contributed by atoms with E-state index in [1.165, 1.54) is 23.7 Å². The van der Waals surface area contributed by atoms with Gasteiger partial charge in [0.25, 0.3) is 0 Å². The van der Waals surface area contributed by atoms with Crippen molar-refractivity contribution in [3.05, 3.63) is 61.8 Å². The summed E-state index contributed by atoms with van der Waals surface area (Å²) < 4.78 is 7.00. The first kappa shape index (κ1) is 13.4. The predicted octanol–water partition coefficient (Wildman–Crippen LogP) is 3.72. The second-order valence-corrected chi connectivity index (χ2v) is 6.66. The Labute approximate surface area is 139 Å². The summed E-state index contributed by atoms with van der Waals surface area (Å²) in [6.07, 6.45) is 2.15. The highest BCUT2D eigenvalue weighted by atomic mass is 127. The molecule has 0 N–H and O–H groups in total. The average molecular weight is 475 g/mol. The Morgan fingerprint density at radius 3 is 2.47 bits per heavy atom. The normalized spacial score (nSPS) is 11.1. The molecular formula is C15H13I2N2+. The Kier molecular flexibility index (Phi) is 3.79. The molecule has 1 aromatic heterocycles. The number of rotatable bonds is 2. The first-order chi connectivity index (χ1) is 9.15. The van der Waals surface area contributed by atoms with Crippen LogP contribution in [-0.2, 0) is 13.6 Å². The first-order valence-electron chi connectivity index (χ1n) is 6.02. The summed E-state index contributed by atoms with van der Waals surface area (Å²) in [5.41, 5.74) is 1.34. The van der Waals surface area contributed by atoms with Crippen molar-refractivity contribution >= 4 is 56.0 Å². The molecule has 0 aliphatic carbocycles. The Hall–Kier alpha value is -0.630. The number of fused-ring (bicyclic) bond motifs is 1. The van der Waals surface area contributed by atoms with E-state index in [2.05, 4.69) is 110 Å². The van der Waals surface area contributed by atoms with Gasteiger partial charge >= 0.3 is 0 Å². The van der Waals surface area contributed by atoms with Crippen molar-refractivity contribution < 1.29 is 4.57 Å². The first-order valence-corrected chi connectivity index (χ1v) is 8.18. The molecule has 0 fully saturated rings. The monoisotopic (exact) mass is 475 g/mol. The third-order valence-electron chi connectivity index (χ3n) is 3.21. The SMILES string of the molecule is C[n+]1cn(Cc2ccc3ccccc3c2)c(I)c1I. The summed E-state index contributed by atoms with van der Waals surface area (Å²) in [4.78, 5) is 0. The third-order valence-corrected chi connectivity index (χ3v) is 6.65. The summed E-state index contributed by atoms with van der Waals surface area (Å²) in [5, 5.41) is 2.61. The number of aromatic nitrogens is 2. The molecule has 0 aliphatic rings. The van der Waals surface area contributed by atoms with Gasteiger partial charge in [-0.2, -0.15) is 0 Å². The van der Waals surface area contributed by atoms with E-state index >= 15 is 0 Å². The minimum absolute atomic E-state index is 0.917. The molecule has 0 atom stereocenters. The summed E-state index contributed by atoms with van der Waals surface area (Å²) in [5.74, 6) is 0. The molecule has 2 nitrogen and oxygen atoms in total. The molecule has 0 radical (unpaired) electrons. The van der Waals surface area contributed by atoms with E-state index in [-0.39, 0.29) is 0 Å². The topological polar surface area (TPSA) is 8.81 Å². The van der Waals surface area contributed by atoms with E-state index in [0.29, 0.717) is 0 Å². The minimum Gasteiger partial charge on any atom is -0.227 e. The van der Waals surface area contributed by atoms with Gasteiger partial charge in [-0.3, -0.25) is 0 Å². The molecule has 0 saturated carbocycles. The molecule has 0 saturated heterocycles. The third kappa shape index (κ3) is 2.65. The van der Waals surface area contributed by atoms with Crippen LogP contribution in [0.5, 0.6) is 0 Å². The van der Waals surface area contributed by atoms with Crippen LogP contribution in [0.25, 0.3) is 10.8 Å². The molecule has 0 aliphatic heterocycles. The lowest BCUT2D eigenvalue weighted by molar-refractivity contribution is -0.683. The maximum atomic E-state index is 2.41. The van der Waals surface area contributed by atoms with Crippen molar-refractivity contribution in [1.82, 2.24) is 4.57 Å². The van der Waals surface area contributed by atoms with Gasteiger partial charge < -0.3 is 0 Å². The minimum atomic E-state index is 0.917. The number of halogens is 2. The summed E-state index contributed by atoms with van der Waals surface area (Å²) in [6, 6.07) is 15.2. The number of benzene rings is 2. The van der Waals surface area contributed by atoms with Crippen molar-refractivity contribution in [2.75, 3.05) is 0 Å². The van der Waals surface area contributed by atoms with E-state index in [9.17, 15) is 0 Å². The highest BCUT2D eigenvalue weighted by molar-refractivity contribution is 14.1. The maximum Gasteiger partial charge on any atom is 0.245 e. The second-order valence-electron chi connectivity index (χ2n) is 4.62. The molecule has 3 rings (SSSR count). The zero-order valence-electron chi connectivity index (χ0n) is 10.5. The number of hydrogen-bond donors (Lipinski definition) is 0. The molecule has 4 heteroatoms. The summed E-state index contributed by atoms with van der Waals surface area (Å²) in [6.45, 7) is 0.917. The molecule has 3 aromatic rings. The lowest BCUT2D eigenvalue weighted by Crippen LogP contribution is -2.28. The van der Waals surface area contributed by atoms with Gasteiger partial charge in [0.05, 0.1) is 7.05 Å². The van der Waals surface area contributed by atoms with Crippen LogP contribution in [0.15, 0.2) is 48.8 Å². The number of aryl methyl sites for hydroxylation is 1. The van der Waals surface area contributed by atoms with Gasteiger partial charge in [0.2, 0.25) is 13.7 Å². The molecule has 19 heavy (non-hydrogen) atoms. The fraction of sp³-hybridized carbons (Fsp3) is 0.133. The van der Waals surface area contributed by atoms with Crippen LogP contribution in [0, 0.1) is 7.40 Å². The quantitative estimate of drug-likeness (QED) is 0.395. The maximum absolute atomic E-state index is 2.41. The fourth-order valence-corrected chi connectivity index (χ4v) is 3.33. The number of nitrogens with zero attached hydrogens (tertiary/aromatic N) is 2. The molecule has 1 heterocycles. The molecule has 0 bridgehead atoms. The van der Waals surface area contributed by atoms with Gasteiger partial charge in [-0.05, 0) is 22.4 Å². The van der Waals surface area contributed by atoms with Crippen LogP contribution in [0.3, 0.4) is 0 Å². The van der Waals surface area contributed by atoms with Crippen LogP contribution in [-0.4, -0.2) is 4.57 Å². The van der Waals surface area contributed by atoms with Gasteiger partial charge in [-0.25, -0.2) is 9.13 Å². The van der Waals surface area contributed by atoms with Crippen molar-refractivity contribution in [3.63, 3.8) is 0 Å². The number of hydrogen-bond acceptors (Lipinski definition) is 0. The standard InChI is InChI=1S/C15H13I2N2/c1-18-10-19(15(17)14(18)16)9-11-6-7-12-4-2-3-5-13(12)8-11/h2-8,10H,9H2,1H3/q+1. The van der Waals surface area contributed by atoms with Crippen LogP contribution in [0.2, 0.25) is 0 Å². The average Bonchev–Trinajstić information content (AvgIpc) is 2.66. The molecule has 0 spiro atoms. The summed E-state index contributed by atoms with van der Waals surface area (Å²) in [7, 11) is 2.08. The predicted molar refractivity (Wildman–Crippen MR) is 94.1 cm³/mol. The van der Waals surface area contributed by atoms with Gasteiger partial charge in [0.1, 0.15) is 6.54 Å². The van der Waals surface area contributed by atoms with E-state index < -0.39 is 0 Å². The number of imidazole rings is 1. The Morgan fingerprint density at radius 2 is 1.79 bits per heavy atom. The Balaban J connectivity index is 1.98. The lowest BCUT2D eigenvalue weighted by Gasteiger charge is -2.02. The molecule has 96 valence electrons. The van der Waals surface area contributed by atoms with Crippen molar-refractivity contribution in [1.29, 1.82) is 0 Å². The Morgan fingerprint density at radius 1 is 1.05 bits per heavy atom. The molecule has 2 aromatic carbocycles. The lowest BCUT2D eigenvalue weighted by atomic mass is 10.1. The smallest absolute Gasteiger partial charge is 0.227 e. The van der Waals surface area contributed by atoms with E-state index in [0.717, 1.165) is 6.54 Å². The zero-order valence-corrected chi connectivity index (χ0v) is 14.8. The highest BCUT2D eigenvalue weighted by Crippen LogP contribution is 2.18. The summed E-state index contributed by atoms with van der Waals surface area (Å²) >= 11 is 4.79. The van der Waals surface area contributed by atoms with Gasteiger partial charge in [-0.1, -0.05) is 36.4 Å². The fourth-order valence-electron chi connectivity index (χ4n) is 2.22. The van der Waals surface area contributed by atoms with E-state index in [4.69, 9.17) is 0 Å². The van der Waals surface area contributed by atoms with Crippen LogP contribution >= 0.6 is 45.2 Å². The second kappa shape index (κ2) is 5.40. The van der Waals surface area contributed by atoms with Crippen LogP contribution in [0.1, 0.15) is 5.56 Å². The van der Waals surface area contributed by atoms with Gasteiger partial charge in [0.15, 0.2) is 0 Å². The van der Waals surface area contributed by atoms with Crippen molar-refractivity contribution in [2.45, 2.75) is 6.54 Å².